The van der Waals surface area contributed by atoms with Crippen LogP contribution in [0.4, 0.5) is 0 Å². The number of ether oxygens (including phenoxy) is 1. The van der Waals surface area contributed by atoms with Crippen LogP contribution in [0.1, 0.15) is 88.8 Å². The molecule has 17 amide bonds. The predicted molar refractivity (Wildman–Crippen MR) is 415 cm³/mol. The third-order valence-electron chi connectivity index (χ3n) is 17.8. The molecule has 114 heavy (non-hydrogen) atoms. The number of amides is 17. The first kappa shape index (κ1) is 90.6. The minimum Gasteiger partial charge on any atom is -0.492 e. The van der Waals surface area contributed by atoms with Gasteiger partial charge in [0.05, 0.1) is 19.1 Å². The number of nitrogens with one attached hydrogen (secondary N) is 14. The second kappa shape index (κ2) is 45.3. The maximum atomic E-state index is 15.6. The highest BCUT2D eigenvalue weighted by molar-refractivity contribution is 7.99. The van der Waals surface area contributed by atoms with Crippen molar-refractivity contribution in [3.05, 3.63) is 114 Å². The van der Waals surface area contributed by atoms with Crippen molar-refractivity contribution in [3.8, 4) is 5.75 Å². The number of hydrogen-bond donors (Lipinski definition) is 21. The number of aromatic nitrogens is 1. The molecule has 0 saturated carbocycles. The monoisotopic (exact) mass is 1600 g/mol. The molecule has 1 aliphatic heterocycles. The fourth-order valence-corrected chi connectivity index (χ4v) is 13.0. The Morgan fingerprint density at radius 3 is 1.75 bits per heavy atom. The standard InChI is InChI=1S/C74H100N20O19S/c1-38(95)63-74(112)91-55(32-45-34-82-48-12-7-6-11-47(45)48)71(109)87-50(20-22-59(77)98)66(104)93-58(37-114-28-24-52(84-40(3)97)67(105)86-51(68(106)94-63)21-23-60(78)99)73(111)89-53(30-41-15-18-46(19-16-41)113-27-26-76)70(108)88-54(31-42-14-17-43-9-4-5-10-44(43)29-42)69(107)85-49(13-8-25-75)65(103)92-57(35-81-39(2)96)72(110)90-56(33-61(79)100)64(102)83-36-62(80)101/h4-7,9-12,14-19,29,34,38,49-58,63,82,95H,8,13,20-28,30-33,35-37,75-76H2,1-3H3,(H2,77,98)(H2,78,99)(H2,79,100)(H2,80,101)(H,81,96)(H,83,102)(H,84,97)(H,85,107)(H,86,105)(H,87,109)(H,88,108)(H,89,111)(H,90,110)(H,91,112)(H,92,103)(H,93,104)(H,94,106)/t38-,49+,50+,51+,52+,53+,54+,55+,56+,57+,58+,63+/m1/s1. The Morgan fingerprint density at radius 1 is 0.561 bits per heavy atom. The maximum Gasteiger partial charge on any atom is 0.245 e. The minimum absolute atomic E-state index is 0.0445. The van der Waals surface area contributed by atoms with Gasteiger partial charge in [0, 0.05) is 81.9 Å². The van der Waals surface area contributed by atoms with Crippen molar-refractivity contribution in [2.75, 3.05) is 44.3 Å². The Balaban J connectivity index is 1.44. The number of aromatic amines is 1. The van der Waals surface area contributed by atoms with Gasteiger partial charge in [-0.15, -0.1) is 0 Å². The van der Waals surface area contributed by atoms with Gasteiger partial charge in [-0.1, -0.05) is 72.8 Å². The largest absolute Gasteiger partial charge is 0.492 e. The molecule has 4 aromatic carbocycles. The second-order valence-corrected chi connectivity index (χ2v) is 28.2. The molecule has 0 aliphatic carbocycles. The van der Waals surface area contributed by atoms with Gasteiger partial charge in [-0.3, -0.25) is 81.5 Å². The van der Waals surface area contributed by atoms with Crippen molar-refractivity contribution < 1.29 is 91.4 Å². The summed E-state index contributed by atoms with van der Waals surface area (Å²) >= 11 is 0.920. The maximum absolute atomic E-state index is 15.6. The summed E-state index contributed by atoms with van der Waals surface area (Å²) in [6, 6.07) is 6.71. The molecular formula is C74H100N20O19S. The average Bonchev–Trinajstić information content (AvgIpc) is 1.62. The summed E-state index contributed by atoms with van der Waals surface area (Å²) in [5.74, 6) is -17.5. The number of carbonyl (C=O) groups is 17. The van der Waals surface area contributed by atoms with Crippen LogP contribution in [0.15, 0.2) is 97.2 Å². The molecule has 5 aromatic rings. The van der Waals surface area contributed by atoms with Gasteiger partial charge < -0.3 is 118 Å². The third kappa shape index (κ3) is 29.7. The van der Waals surface area contributed by atoms with Gasteiger partial charge in [0.1, 0.15) is 78.8 Å². The van der Waals surface area contributed by atoms with Gasteiger partial charge in [-0.2, -0.15) is 11.8 Å². The minimum atomic E-state index is -1.89. The van der Waals surface area contributed by atoms with Crippen molar-refractivity contribution in [2.45, 2.75) is 164 Å². The van der Waals surface area contributed by atoms with E-state index in [9.17, 15) is 67.4 Å². The van der Waals surface area contributed by atoms with Crippen LogP contribution in [0.5, 0.6) is 5.75 Å². The molecular weight excluding hydrogens is 1510 g/mol. The number of fused-ring (bicyclic) bond motifs is 2. The van der Waals surface area contributed by atoms with E-state index in [0.717, 1.165) is 37.9 Å². The molecule has 39 nitrogen and oxygen atoms in total. The van der Waals surface area contributed by atoms with E-state index in [0.29, 0.717) is 38.7 Å². The molecule has 0 bridgehead atoms. The van der Waals surface area contributed by atoms with Crippen molar-refractivity contribution in [1.82, 2.24) is 74.1 Å². The summed E-state index contributed by atoms with van der Waals surface area (Å²) < 4.78 is 5.70. The Kier molecular flexibility index (Phi) is 36.0. The van der Waals surface area contributed by atoms with Crippen LogP contribution in [-0.4, -0.2) is 227 Å². The number of aliphatic hydroxyl groups excluding tert-OH is 1. The zero-order valence-corrected chi connectivity index (χ0v) is 63.9. The normalized spacial score (nSPS) is 18.7. The second-order valence-electron chi connectivity index (χ2n) is 27.1. The Labute approximate surface area is 658 Å². The van der Waals surface area contributed by atoms with Gasteiger partial charge in [-0.05, 0) is 97.0 Å². The van der Waals surface area contributed by atoms with E-state index in [1.165, 1.54) is 0 Å². The lowest BCUT2D eigenvalue weighted by atomic mass is 9.99. The smallest absolute Gasteiger partial charge is 0.245 e. The van der Waals surface area contributed by atoms with E-state index in [1.807, 2.05) is 6.07 Å². The van der Waals surface area contributed by atoms with E-state index in [-0.39, 0.29) is 64.0 Å². The fraction of sp³-hybridized carbons (Fsp3) is 0.446. The summed E-state index contributed by atoms with van der Waals surface area (Å²) in [4.78, 5) is 238. The number of carbonyl (C=O) groups excluding carboxylic acids is 17. The topological polar surface area (TPSA) is 648 Å². The summed E-state index contributed by atoms with van der Waals surface area (Å²) in [5.41, 5.74) is 35.2. The van der Waals surface area contributed by atoms with Crippen LogP contribution in [0.2, 0.25) is 0 Å². The molecule has 0 radical (unpaired) electrons. The number of rotatable bonds is 37. The van der Waals surface area contributed by atoms with Gasteiger partial charge in [0.25, 0.3) is 0 Å². The zero-order valence-electron chi connectivity index (χ0n) is 63.1. The van der Waals surface area contributed by atoms with E-state index in [4.69, 9.17) is 39.1 Å². The first-order valence-corrected chi connectivity index (χ1v) is 37.7. The molecule has 12 atom stereocenters. The van der Waals surface area contributed by atoms with Crippen molar-refractivity contribution in [3.63, 3.8) is 0 Å². The summed E-state index contributed by atoms with van der Waals surface area (Å²) in [7, 11) is 0. The first-order valence-electron chi connectivity index (χ1n) is 36.6. The molecule has 616 valence electrons. The Hall–Kier alpha value is -12.3. The third-order valence-corrected chi connectivity index (χ3v) is 18.9. The van der Waals surface area contributed by atoms with Gasteiger partial charge in [0.2, 0.25) is 100 Å². The number of hydrogen-bond acceptors (Lipinski definition) is 22. The molecule has 0 unspecified atom stereocenters. The highest BCUT2D eigenvalue weighted by Crippen LogP contribution is 2.22. The summed E-state index contributed by atoms with van der Waals surface area (Å²) in [6.45, 7) is 2.21. The molecule has 0 spiro atoms. The van der Waals surface area contributed by atoms with Crippen LogP contribution in [0, 0.1) is 0 Å². The predicted octanol–water partition coefficient (Wildman–Crippen LogP) is -6.56. The number of para-hydroxylation sites is 1. The number of H-pyrrole nitrogens is 1. The SMILES string of the molecule is CC(=O)NC[C@H](NC(=O)[C@H](CCCN)NC(=O)[C@H](Cc1ccc2ccccc2c1)NC(=O)[C@H](Cc1ccc(OCCN)cc1)NC(=O)[C@@H]1CSCC[C@H](NC(C)=O)C(=O)N[C@@H](CCC(N)=O)C(=O)N[C@@H]([C@@H](C)O)C(=O)N[C@@H](Cc2c[nH]c3ccccc23)C(=O)N[C@@H](CCC(N)=O)C(=O)N1)C(=O)N[C@@H](CC(N)=O)C(=O)NCC(N)=O. The highest BCUT2D eigenvalue weighted by Gasteiger charge is 2.39. The zero-order chi connectivity index (χ0) is 83.7. The average molecular weight is 1610 g/mol. The summed E-state index contributed by atoms with van der Waals surface area (Å²) in [6.07, 6.45) is -4.53. The van der Waals surface area contributed by atoms with E-state index in [1.54, 1.807) is 91.1 Å². The Morgan fingerprint density at radius 2 is 1.12 bits per heavy atom. The van der Waals surface area contributed by atoms with Gasteiger partial charge in [0.15, 0.2) is 0 Å². The molecule has 1 aliphatic rings. The number of benzene rings is 4. The lowest BCUT2D eigenvalue weighted by molar-refractivity contribution is -0.137. The molecule has 40 heteroatoms. The van der Waals surface area contributed by atoms with Crippen LogP contribution in [-0.2, 0) is 101 Å². The number of primary amides is 4. The van der Waals surface area contributed by atoms with Crippen LogP contribution < -0.4 is 108 Å². The van der Waals surface area contributed by atoms with E-state index in [2.05, 4.69) is 74.1 Å². The molecule has 1 fully saturated rings. The van der Waals surface area contributed by atoms with Gasteiger partial charge in [-0.25, -0.2) is 0 Å². The van der Waals surface area contributed by atoms with Gasteiger partial charge >= 0.3 is 0 Å². The molecule has 27 N–H and O–H groups in total. The molecule has 6 rings (SSSR count). The van der Waals surface area contributed by atoms with E-state index >= 15 is 19.2 Å². The number of aliphatic hydroxyl groups is 1. The molecule has 1 aromatic heterocycles. The molecule has 1 saturated heterocycles. The number of thioether (sulfide) groups is 1. The van der Waals surface area contributed by atoms with Crippen LogP contribution in [0.3, 0.4) is 0 Å². The lowest BCUT2D eigenvalue weighted by Crippen LogP contribution is -2.62. The quantitative estimate of drug-likeness (QED) is 0.0176. The summed E-state index contributed by atoms with van der Waals surface area (Å²) in [5, 5.41) is 45.6. The fourth-order valence-electron chi connectivity index (χ4n) is 11.9. The van der Waals surface area contributed by atoms with Crippen molar-refractivity contribution in [1.29, 1.82) is 0 Å². The van der Waals surface area contributed by atoms with E-state index < -0.39 is 224 Å². The van der Waals surface area contributed by atoms with Crippen molar-refractivity contribution >= 4 is 134 Å². The Bertz CT molecular complexity index is 4300. The van der Waals surface area contributed by atoms with Crippen LogP contribution in [0.25, 0.3) is 21.7 Å². The van der Waals surface area contributed by atoms with Crippen molar-refractivity contribution in [2.24, 2.45) is 34.4 Å². The molecule has 2 heterocycles. The number of nitrogens with two attached hydrogens (primary N) is 6. The first-order chi connectivity index (χ1) is 54.2. The lowest BCUT2D eigenvalue weighted by Gasteiger charge is -2.29. The van der Waals surface area contributed by atoms with Crippen LogP contribution >= 0.6 is 11.8 Å². The highest BCUT2D eigenvalue weighted by atomic mass is 32.2.